The fourth-order valence-corrected chi connectivity index (χ4v) is 3.28. The molecule has 0 bridgehead atoms. The molecule has 0 fully saturated rings. The van der Waals surface area contributed by atoms with Crippen molar-refractivity contribution in [1.82, 2.24) is 15.1 Å². The van der Waals surface area contributed by atoms with Gasteiger partial charge in [0.1, 0.15) is 6.54 Å². The smallest absolute Gasteiger partial charge is 0.322 e. The number of amides is 1. The Balaban J connectivity index is 2.18. The van der Waals surface area contributed by atoms with E-state index in [9.17, 15) is 9.59 Å². The van der Waals surface area contributed by atoms with Gasteiger partial charge in [0.2, 0.25) is 0 Å². The molecule has 28 heavy (non-hydrogen) atoms. The predicted octanol–water partition coefficient (Wildman–Crippen LogP) is 4.28. The van der Waals surface area contributed by atoms with Crippen LogP contribution in [-0.2, 0) is 4.79 Å². The molecule has 3 rings (SSSR count). The molecule has 0 unspecified atom stereocenters. The molecule has 0 spiro atoms. The van der Waals surface area contributed by atoms with Crippen molar-refractivity contribution in [3.8, 4) is 16.9 Å². The van der Waals surface area contributed by atoms with Crippen molar-refractivity contribution in [3.05, 3.63) is 69.3 Å². The highest BCUT2D eigenvalue weighted by atomic mass is 35.5. The molecule has 1 aromatic heterocycles. The minimum absolute atomic E-state index is 0.153. The number of carbonyl (C=O) groups excluding carboxylic acids is 1. The predicted molar refractivity (Wildman–Crippen MR) is 108 cm³/mol. The van der Waals surface area contributed by atoms with Gasteiger partial charge in [-0.2, -0.15) is 5.10 Å². The van der Waals surface area contributed by atoms with E-state index in [0.29, 0.717) is 21.3 Å². The molecule has 1 heterocycles. The standard InChI is InChI=1S/C20H17Cl2N3O3/c1-11-9-15(22)7-8-16(11)25-19(13-3-5-14(21)6-4-13)12(2)18(24-25)20(28)23-10-17(26)27/h3-9H,10H2,1-2H3,(H,23,28)(H,26,27). The van der Waals surface area contributed by atoms with E-state index in [1.807, 2.05) is 31.2 Å². The second-order valence-electron chi connectivity index (χ2n) is 6.25. The minimum Gasteiger partial charge on any atom is -0.480 e. The van der Waals surface area contributed by atoms with Crippen LogP contribution < -0.4 is 5.32 Å². The van der Waals surface area contributed by atoms with E-state index in [0.717, 1.165) is 16.8 Å². The van der Waals surface area contributed by atoms with Crippen molar-refractivity contribution in [3.63, 3.8) is 0 Å². The van der Waals surface area contributed by atoms with Crippen LogP contribution in [0, 0.1) is 13.8 Å². The summed E-state index contributed by atoms with van der Waals surface area (Å²) in [6, 6.07) is 12.6. The lowest BCUT2D eigenvalue weighted by Crippen LogP contribution is -2.30. The molecular formula is C20H17Cl2N3O3. The highest BCUT2D eigenvalue weighted by Gasteiger charge is 2.23. The third-order valence-electron chi connectivity index (χ3n) is 4.24. The summed E-state index contributed by atoms with van der Waals surface area (Å²) in [5, 5.41) is 16.8. The topological polar surface area (TPSA) is 84.2 Å². The molecule has 0 atom stereocenters. The van der Waals surface area contributed by atoms with E-state index in [4.69, 9.17) is 28.3 Å². The summed E-state index contributed by atoms with van der Waals surface area (Å²) in [5.74, 6) is -1.68. The first-order valence-corrected chi connectivity index (χ1v) is 9.15. The van der Waals surface area contributed by atoms with Gasteiger partial charge in [-0.3, -0.25) is 9.59 Å². The third kappa shape index (κ3) is 4.03. The largest absolute Gasteiger partial charge is 0.480 e. The van der Waals surface area contributed by atoms with Crippen molar-refractivity contribution in [2.75, 3.05) is 6.54 Å². The fraction of sp³-hybridized carbons (Fsp3) is 0.150. The summed E-state index contributed by atoms with van der Waals surface area (Å²) in [5.41, 5.74) is 3.95. The number of hydrogen-bond donors (Lipinski definition) is 2. The highest BCUT2D eigenvalue weighted by Crippen LogP contribution is 2.31. The number of carbonyl (C=O) groups is 2. The Kier molecular flexibility index (Phi) is 5.72. The van der Waals surface area contributed by atoms with Gasteiger partial charge < -0.3 is 10.4 Å². The quantitative estimate of drug-likeness (QED) is 0.648. The number of aryl methyl sites for hydroxylation is 1. The Morgan fingerprint density at radius 1 is 1.07 bits per heavy atom. The van der Waals surface area contributed by atoms with Crippen molar-refractivity contribution in [2.45, 2.75) is 13.8 Å². The zero-order valence-corrected chi connectivity index (χ0v) is 16.7. The molecular weight excluding hydrogens is 401 g/mol. The van der Waals surface area contributed by atoms with Gasteiger partial charge in [0.25, 0.3) is 5.91 Å². The number of nitrogens with one attached hydrogen (secondary N) is 1. The number of rotatable bonds is 5. The third-order valence-corrected chi connectivity index (χ3v) is 4.73. The van der Waals surface area contributed by atoms with Gasteiger partial charge in [0.15, 0.2) is 5.69 Å². The molecule has 144 valence electrons. The Bertz CT molecular complexity index is 1060. The lowest BCUT2D eigenvalue weighted by molar-refractivity contribution is -0.135. The first-order valence-electron chi connectivity index (χ1n) is 8.40. The molecule has 6 nitrogen and oxygen atoms in total. The highest BCUT2D eigenvalue weighted by molar-refractivity contribution is 6.31. The summed E-state index contributed by atoms with van der Waals surface area (Å²) in [4.78, 5) is 23.3. The minimum atomic E-state index is -1.13. The van der Waals surface area contributed by atoms with Crippen molar-refractivity contribution in [2.24, 2.45) is 0 Å². The zero-order chi connectivity index (χ0) is 20.4. The van der Waals surface area contributed by atoms with Crippen LogP contribution in [0.15, 0.2) is 42.5 Å². The normalized spacial score (nSPS) is 10.7. The first kappa shape index (κ1) is 19.9. The van der Waals surface area contributed by atoms with Gasteiger partial charge in [-0.05, 0) is 49.7 Å². The molecule has 0 aliphatic carbocycles. The summed E-state index contributed by atoms with van der Waals surface area (Å²) in [6.45, 7) is 3.18. The van der Waals surface area contributed by atoms with Gasteiger partial charge in [0.05, 0.1) is 11.4 Å². The van der Waals surface area contributed by atoms with E-state index < -0.39 is 18.4 Å². The van der Waals surface area contributed by atoms with Crippen LogP contribution in [0.2, 0.25) is 10.0 Å². The van der Waals surface area contributed by atoms with Crippen molar-refractivity contribution >= 4 is 35.1 Å². The molecule has 0 radical (unpaired) electrons. The molecule has 3 aromatic rings. The second-order valence-corrected chi connectivity index (χ2v) is 7.12. The summed E-state index contributed by atoms with van der Waals surface area (Å²) in [7, 11) is 0. The molecule has 0 saturated heterocycles. The number of aliphatic carboxylic acids is 1. The molecule has 1 amide bonds. The van der Waals surface area contributed by atoms with Gasteiger partial charge in [0, 0.05) is 21.2 Å². The maximum absolute atomic E-state index is 12.5. The van der Waals surface area contributed by atoms with Crippen molar-refractivity contribution < 1.29 is 14.7 Å². The molecule has 0 aliphatic heterocycles. The van der Waals surface area contributed by atoms with Crippen LogP contribution in [0.3, 0.4) is 0 Å². The second kappa shape index (κ2) is 8.04. The van der Waals surface area contributed by atoms with E-state index in [-0.39, 0.29) is 5.69 Å². The lowest BCUT2D eigenvalue weighted by atomic mass is 10.1. The van der Waals surface area contributed by atoms with Crippen LogP contribution in [0.5, 0.6) is 0 Å². The Morgan fingerprint density at radius 3 is 2.32 bits per heavy atom. The molecule has 8 heteroatoms. The number of aromatic nitrogens is 2. The van der Waals surface area contributed by atoms with E-state index in [1.54, 1.807) is 29.8 Å². The summed E-state index contributed by atoms with van der Waals surface area (Å²) in [6.07, 6.45) is 0. The first-order chi connectivity index (χ1) is 13.3. The maximum atomic E-state index is 12.5. The van der Waals surface area contributed by atoms with Crippen LogP contribution in [0.1, 0.15) is 21.6 Å². The van der Waals surface area contributed by atoms with E-state index in [1.165, 1.54) is 0 Å². The van der Waals surface area contributed by atoms with Gasteiger partial charge >= 0.3 is 5.97 Å². The van der Waals surface area contributed by atoms with Crippen LogP contribution >= 0.6 is 23.2 Å². The summed E-state index contributed by atoms with van der Waals surface area (Å²) >= 11 is 12.1. The van der Waals surface area contributed by atoms with E-state index in [2.05, 4.69) is 10.4 Å². The Labute approximate surface area is 171 Å². The zero-order valence-electron chi connectivity index (χ0n) is 15.2. The summed E-state index contributed by atoms with van der Waals surface area (Å²) < 4.78 is 1.67. The Morgan fingerprint density at radius 2 is 1.71 bits per heavy atom. The van der Waals surface area contributed by atoms with Gasteiger partial charge in [-0.25, -0.2) is 4.68 Å². The van der Waals surface area contributed by atoms with Crippen LogP contribution in [0.25, 0.3) is 16.9 Å². The number of carboxylic acid groups (broad SMARTS) is 1. The molecule has 2 N–H and O–H groups in total. The lowest BCUT2D eigenvalue weighted by Gasteiger charge is -2.11. The average molecular weight is 418 g/mol. The number of carboxylic acids is 1. The van der Waals surface area contributed by atoms with Gasteiger partial charge in [-0.15, -0.1) is 0 Å². The molecule has 2 aromatic carbocycles. The van der Waals surface area contributed by atoms with Crippen LogP contribution in [0.4, 0.5) is 0 Å². The number of benzene rings is 2. The SMILES string of the molecule is Cc1cc(Cl)ccc1-n1nc(C(=O)NCC(=O)O)c(C)c1-c1ccc(Cl)cc1. The molecule has 0 saturated carbocycles. The van der Waals surface area contributed by atoms with Gasteiger partial charge in [-0.1, -0.05) is 35.3 Å². The monoisotopic (exact) mass is 417 g/mol. The average Bonchev–Trinajstić information content (AvgIpc) is 2.97. The maximum Gasteiger partial charge on any atom is 0.322 e. The van der Waals surface area contributed by atoms with Crippen LogP contribution in [-0.4, -0.2) is 33.3 Å². The number of hydrogen-bond acceptors (Lipinski definition) is 3. The fourth-order valence-electron chi connectivity index (χ4n) is 2.93. The van der Waals surface area contributed by atoms with Crippen molar-refractivity contribution in [1.29, 1.82) is 0 Å². The van der Waals surface area contributed by atoms with E-state index >= 15 is 0 Å². The molecule has 0 aliphatic rings. The number of nitrogens with zero attached hydrogens (tertiary/aromatic N) is 2. The number of halogens is 2. The Hall–Kier alpha value is -2.83.